The van der Waals surface area contributed by atoms with Gasteiger partial charge in [-0.15, -0.1) is 0 Å². The number of hydrogen-bond donors (Lipinski definition) is 1. The van der Waals surface area contributed by atoms with Gasteiger partial charge in [0.1, 0.15) is 5.75 Å². The van der Waals surface area contributed by atoms with Gasteiger partial charge in [-0.25, -0.2) is 0 Å². The van der Waals surface area contributed by atoms with Crippen LogP contribution < -0.4 is 10.5 Å². The maximum atomic E-state index is 12.1. The van der Waals surface area contributed by atoms with E-state index in [2.05, 4.69) is 0 Å². The highest BCUT2D eigenvalue weighted by Crippen LogP contribution is 2.12. The second-order valence-corrected chi connectivity index (χ2v) is 5.38. The summed E-state index contributed by atoms with van der Waals surface area (Å²) in [7, 11) is 0. The Morgan fingerprint density at radius 3 is 2.14 bits per heavy atom. The first-order chi connectivity index (χ1) is 10.6. The lowest BCUT2D eigenvalue weighted by Gasteiger charge is -2.34. The van der Waals surface area contributed by atoms with Gasteiger partial charge in [-0.05, 0) is 19.1 Å². The average molecular weight is 305 g/mol. The molecule has 2 rings (SSSR count). The largest absolute Gasteiger partial charge is 0.493 e. The standard InChI is InChI=1S/C16H23N3O3/c1-13-2-4-14(5-3-13)22-11-6-15(20)18-7-9-19(10-8-18)16(21)12-17/h2-5H,6-12,17H2,1H3. The van der Waals surface area contributed by atoms with Crippen LogP contribution in [-0.2, 0) is 9.59 Å². The van der Waals surface area contributed by atoms with E-state index in [1.807, 2.05) is 31.2 Å². The number of nitrogens with two attached hydrogens (primary N) is 1. The molecule has 0 radical (unpaired) electrons. The van der Waals surface area contributed by atoms with Crippen molar-refractivity contribution in [2.24, 2.45) is 5.73 Å². The maximum absolute atomic E-state index is 12.1. The number of nitrogens with zero attached hydrogens (tertiary/aromatic N) is 2. The molecule has 6 heteroatoms. The van der Waals surface area contributed by atoms with Gasteiger partial charge in [0.05, 0.1) is 19.6 Å². The third-order valence-electron chi connectivity index (χ3n) is 3.77. The van der Waals surface area contributed by atoms with E-state index in [1.54, 1.807) is 9.80 Å². The molecule has 0 saturated carbocycles. The predicted molar refractivity (Wildman–Crippen MR) is 83.5 cm³/mol. The van der Waals surface area contributed by atoms with Crippen molar-refractivity contribution in [2.75, 3.05) is 39.3 Å². The SMILES string of the molecule is Cc1ccc(OCCC(=O)N2CCN(C(=O)CN)CC2)cc1. The number of aryl methyl sites for hydroxylation is 1. The van der Waals surface area contributed by atoms with E-state index in [1.165, 1.54) is 5.56 Å². The number of amides is 2. The fourth-order valence-electron chi connectivity index (χ4n) is 2.38. The summed E-state index contributed by atoms with van der Waals surface area (Å²) in [5.41, 5.74) is 6.51. The molecule has 2 N–H and O–H groups in total. The zero-order valence-corrected chi connectivity index (χ0v) is 13.0. The van der Waals surface area contributed by atoms with Crippen LogP contribution in [-0.4, -0.2) is 60.9 Å². The number of piperazine rings is 1. The Morgan fingerprint density at radius 2 is 1.59 bits per heavy atom. The number of ether oxygens (including phenoxy) is 1. The van der Waals surface area contributed by atoms with Crippen LogP contribution in [0, 0.1) is 6.92 Å². The van der Waals surface area contributed by atoms with Crippen molar-refractivity contribution >= 4 is 11.8 Å². The summed E-state index contributed by atoms with van der Waals surface area (Å²) in [6, 6.07) is 7.75. The lowest BCUT2D eigenvalue weighted by atomic mass is 10.2. The molecular weight excluding hydrogens is 282 g/mol. The number of hydrogen-bond acceptors (Lipinski definition) is 4. The van der Waals surface area contributed by atoms with Crippen LogP contribution in [0.25, 0.3) is 0 Å². The van der Waals surface area contributed by atoms with Crippen molar-refractivity contribution in [3.8, 4) is 5.75 Å². The molecule has 120 valence electrons. The number of carbonyl (C=O) groups excluding carboxylic acids is 2. The van der Waals surface area contributed by atoms with Crippen LogP contribution in [0.2, 0.25) is 0 Å². The molecule has 0 spiro atoms. The normalized spacial score (nSPS) is 14.8. The van der Waals surface area contributed by atoms with Gasteiger partial charge in [-0.2, -0.15) is 0 Å². The monoisotopic (exact) mass is 305 g/mol. The van der Waals surface area contributed by atoms with Crippen LogP contribution in [0.5, 0.6) is 5.75 Å². The molecule has 0 unspecified atom stereocenters. The lowest BCUT2D eigenvalue weighted by Crippen LogP contribution is -2.52. The van der Waals surface area contributed by atoms with Crippen LogP contribution in [0.3, 0.4) is 0 Å². The van der Waals surface area contributed by atoms with Crippen molar-refractivity contribution in [3.63, 3.8) is 0 Å². The van der Waals surface area contributed by atoms with E-state index in [-0.39, 0.29) is 18.4 Å². The molecule has 1 heterocycles. The molecule has 0 bridgehead atoms. The summed E-state index contributed by atoms with van der Waals surface area (Å²) in [6.45, 7) is 4.65. The van der Waals surface area contributed by atoms with Gasteiger partial charge < -0.3 is 20.3 Å². The quantitative estimate of drug-likeness (QED) is 0.854. The van der Waals surface area contributed by atoms with Gasteiger partial charge in [0.15, 0.2) is 0 Å². The zero-order valence-electron chi connectivity index (χ0n) is 13.0. The Kier molecular flexibility index (Phi) is 5.77. The third-order valence-corrected chi connectivity index (χ3v) is 3.77. The second kappa shape index (κ2) is 7.79. The van der Waals surface area contributed by atoms with Crippen LogP contribution in [0.1, 0.15) is 12.0 Å². The summed E-state index contributed by atoms with van der Waals surface area (Å²) in [5, 5.41) is 0. The molecule has 0 aliphatic carbocycles. The summed E-state index contributed by atoms with van der Waals surface area (Å²) in [6.07, 6.45) is 0.346. The molecule has 1 saturated heterocycles. The Hall–Kier alpha value is -2.08. The summed E-state index contributed by atoms with van der Waals surface area (Å²) in [4.78, 5) is 27.1. The van der Waals surface area contributed by atoms with E-state index >= 15 is 0 Å². The molecule has 0 atom stereocenters. The molecule has 1 aromatic carbocycles. The minimum Gasteiger partial charge on any atom is -0.493 e. The first-order valence-corrected chi connectivity index (χ1v) is 7.55. The Bertz CT molecular complexity index is 508. The molecule has 1 aromatic rings. The molecular formula is C16H23N3O3. The lowest BCUT2D eigenvalue weighted by molar-refractivity contribution is -0.139. The summed E-state index contributed by atoms with van der Waals surface area (Å²) < 4.78 is 5.57. The molecule has 22 heavy (non-hydrogen) atoms. The fourth-order valence-corrected chi connectivity index (χ4v) is 2.38. The topological polar surface area (TPSA) is 75.9 Å². The van der Waals surface area contributed by atoms with Gasteiger partial charge in [-0.3, -0.25) is 9.59 Å². The van der Waals surface area contributed by atoms with Crippen LogP contribution in [0.15, 0.2) is 24.3 Å². The van der Waals surface area contributed by atoms with Crippen molar-refractivity contribution in [1.29, 1.82) is 0 Å². The zero-order chi connectivity index (χ0) is 15.9. The van der Waals surface area contributed by atoms with E-state index in [4.69, 9.17) is 10.5 Å². The van der Waals surface area contributed by atoms with Gasteiger partial charge in [0, 0.05) is 26.2 Å². The van der Waals surface area contributed by atoms with Crippen molar-refractivity contribution in [3.05, 3.63) is 29.8 Å². The molecule has 6 nitrogen and oxygen atoms in total. The van der Waals surface area contributed by atoms with Crippen LogP contribution >= 0.6 is 0 Å². The Labute approximate surface area is 130 Å². The highest BCUT2D eigenvalue weighted by atomic mass is 16.5. The van der Waals surface area contributed by atoms with E-state index < -0.39 is 0 Å². The van der Waals surface area contributed by atoms with Gasteiger partial charge in [-0.1, -0.05) is 17.7 Å². The Morgan fingerprint density at radius 1 is 1.05 bits per heavy atom. The number of rotatable bonds is 5. The van der Waals surface area contributed by atoms with Crippen LogP contribution in [0.4, 0.5) is 0 Å². The van der Waals surface area contributed by atoms with Gasteiger partial charge in [0.2, 0.25) is 11.8 Å². The number of benzene rings is 1. The fraction of sp³-hybridized carbons (Fsp3) is 0.500. The molecule has 1 fully saturated rings. The highest BCUT2D eigenvalue weighted by Gasteiger charge is 2.23. The Balaban J connectivity index is 1.70. The van der Waals surface area contributed by atoms with Crippen molar-refractivity contribution in [1.82, 2.24) is 9.80 Å². The molecule has 1 aliphatic rings. The molecule has 2 amide bonds. The minimum absolute atomic E-state index is 0.0261. The van der Waals surface area contributed by atoms with E-state index in [9.17, 15) is 9.59 Å². The first-order valence-electron chi connectivity index (χ1n) is 7.55. The minimum atomic E-state index is -0.0604. The van der Waals surface area contributed by atoms with E-state index in [0.717, 1.165) is 5.75 Å². The van der Waals surface area contributed by atoms with Crippen molar-refractivity contribution < 1.29 is 14.3 Å². The average Bonchev–Trinajstić information content (AvgIpc) is 2.56. The maximum Gasteiger partial charge on any atom is 0.236 e. The van der Waals surface area contributed by atoms with E-state index in [0.29, 0.717) is 39.2 Å². The van der Waals surface area contributed by atoms with Gasteiger partial charge in [0.25, 0.3) is 0 Å². The second-order valence-electron chi connectivity index (χ2n) is 5.38. The first kappa shape index (κ1) is 16.3. The molecule has 0 aromatic heterocycles. The third kappa shape index (κ3) is 4.46. The smallest absolute Gasteiger partial charge is 0.236 e. The van der Waals surface area contributed by atoms with Crippen molar-refractivity contribution in [2.45, 2.75) is 13.3 Å². The molecule has 1 aliphatic heterocycles. The number of carbonyl (C=O) groups is 2. The predicted octanol–water partition coefficient (Wildman–Crippen LogP) is 0.393. The summed E-state index contributed by atoms with van der Waals surface area (Å²) in [5.74, 6) is 0.776. The summed E-state index contributed by atoms with van der Waals surface area (Å²) >= 11 is 0. The highest BCUT2D eigenvalue weighted by molar-refractivity contribution is 5.79. The van der Waals surface area contributed by atoms with Gasteiger partial charge >= 0.3 is 0 Å².